The molecule has 1 aromatic rings. The van der Waals surface area contributed by atoms with Crippen molar-refractivity contribution in [2.45, 2.75) is 39.2 Å². The fraction of sp³-hybridized carbons (Fsp3) is 0.550. The average Bonchev–Trinajstić information content (AvgIpc) is 2.63. The number of ether oxygens (including phenoxy) is 1. The molecule has 1 aliphatic heterocycles. The van der Waals surface area contributed by atoms with Crippen molar-refractivity contribution in [1.82, 2.24) is 15.1 Å². The minimum Gasteiger partial charge on any atom is -0.444 e. The van der Waals surface area contributed by atoms with Crippen LogP contribution in [0.3, 0.4) is 0 Å². The largest absolute Gasteiger partial charge is 0.444 e. The van der Waals surface area contributed by atoms with E-state index in [0.717, 1.165) is 5.56 Å². The lowest BCUT2D eigenvalue weighted by Gasteiger charge is -2.35. The molecule has 1 aliphatic rings. The monoisotopic (exact) mass is 409 g/mol. The number of alkyl carbamates (subject to hydrolysis) is 1. The lowest BCUT2D eigenvalue weighted by atomic mass is 10.1. The molecule has 0 bridgehead atoms. The number of benzene rings is 1. The van der Waals surface area contributed by atoms with E-state index in [1.807, 2.05) is 18.2 Å². The van der Waals surface area contributed by atoms with Gasteiger partial charge in [-0.1, -0.05) is 23.7 Å². The van der Waals surface area contributed by atoms with E-state index in [4.69, 9.17) is 16.3 Å². The van der Waals surface area contributed by atoms with Crippen LogP contribution in [-0.2, 0) is 20.7 Å². The summed E-state index contributed by atoms with van der Waals surface area (Å²) >= 11 is 5.96. The van der Waals surface area contributed by atoms with E-state index >= 15 is 0 Å². The van der Waals surface area contributed by atoms with Gasteiger partial charge in [0.05, 0.1) is 0 Å². The third kappa shape index (κ3) is 7.38. The Morgan fingerprint density at radius 1 is 1.07 bits per heavy atom. The van der Waals surface area contributed by atoms with Crippen LogP contribution in [0.4, 0.5) is 4.79 Å². The Bertz CT molecular complexity index is 710. The smallest absolute Gasteiger partial charge is 0.408 e. The number of hydrogen-bond donors (Lipinski definition) is 1. The highest BCUT2D eigenvalue weighted by Gasteiger charge is 2.24. The Hall–Kier alpha value is -2.28. The molecule has 0 atom stereocenters. The van der Waals surface area contributed by atoms with E-state index in [1.54, 1.807) is 36.6 Å². The topological polar surface area (TPSA) is 79.0 Å². The molecule has 0 unspecified atom stereocenters. The van der Waals surface area contributed by atoms with Crippen LogP contribution in [-0.4, -0.2) is 66.0 Å². The van der Waals surface area contributed by atoms with Crippen molar-refractivity contribution >= 4 is 29.5 Å². The average molecular weight is 410 g/mol. The Morgan fingerprint density at radius 3 is 2.25 bits per heavy atom. The molecule has 2 rings (SSSR count). The van der Waals surface area contributed by atoms with Crippen molar-refractivity contribution in [3.05, 3.63) is 34.9 Å². The Labute approximate surface area is 171 Å². The van der Waals surface area contributed by atoms with Crippen LogP contribution in [0.2, 0.25) is 5.02 Å². The number of aryl methyl sites for hydroxylation is 1. The summed E-state index contributed by atoms with van der Waals surface area (Å²) in [5.41, 5.74) is 0.424. The first-order chi connectivity index (χ1) is 13.1. The van der Waals surface area contributed by atoms with Gasteiger partial charge in [-0.3, -0.25) is 9.59 Å². The molecule has 1 aromatic carbocycles. The van der Waals surface area contributed by atoms with Gasteiger partial charge in [0.25, 0.3) is 0 Å². The molecule has 1 fully saturated rings. The van der Waals surface area contributed by atoms with Gasteiger partial charge in [0.1, 0.15) is 12.1 Å². The number of halogens is 1. The van der Waals surface area contributed by atoms with Crippen LogP contribution < -0.4 is 5.32 Å². The van der Waals surface area contributed by atoms with Gasteiger partial charge >= 0.3 is 6.09 Å². The molecule has 0 aliphatic carbocycles. The molecule has 0 aromatic heterocycles. The molecule has 1 heterocycles. The summed E-state index contributed by atoms with van der Waals surface area (Å²) < 4.78 is 5.11. The number of carbonyl (C=O) groups is 3. The molecular weight excluding hydrogens is 382 g/mol. The van der Waals surface area contributed by atoms with Crippen LogP contribution in [0.5, 0.6) is 0 Å². The lowest BCUT2D eigenvalue weighted by molar-refractivity contribution is -0.139. The number of piperazine rings is 1. The summed E-state index contributed by atoms with van der Waals surface area (Å²) in [7, 11) is 0. The summed E-state index contributed by atoms with van der Waals surface area (Å²) in [5, 5.41) is 3.13. The lowest BCUT2D eigenvalue weighted by Crippen LogP contribution is -2.52. The second-order valence-corrected chi connectivity index (χ2v) is 8.18. The first kappa shape index (κ1) is 22.0. The summed E-state index contributed by atoms with van der Waals surface area (Å²) in [6.45, 7) is 7.07. The molecule has 1 saturated heterocycles. The maximum atomic E-state index is 12.4. The number of nitrogens with zero attached hydrogens (tertiary/aromatic N) is 2. The standard InChI is InChI=1S/C20H28ClN3O4/c1-20(2,3)28-19(27)22-14-18(26)24-11-9-23(10-12-24)17(25)8-7-15-5-4-6-16(21)13-15/h4-6,13H,7-12,14H2,1-3H3,(H,22,27). The van der Waals surface area contributed by atoms with Gasteiger partial charge in [-0.2, -0.15) is 0 Å². The Morgan fingerprint density at radius 2 is 1.68 bits per heavy atom. The fourth-order valence-corrected chi connectivity index (χ4v) is 3.09. The molecule has 28 heavy (non-hydrogen) atoms. The van der Waals surface area contributed by atoms with E-state index in [9.17, 15) is 14.4 Å². The number of rotatable bonds is 5. The highest BCUT2D eigenvalue weighted by Crippen LogP contribution is 2.13. The first-order valence-corrected chi connectivity index (χ1v) is 9.79. The van der Waals surface area contributed by atoms with Crippen LogP contribution in [0.1, 0.15) is 32.8 Å². The molecule has 154 valence electrons. The molecule has 7 nitrogen and oxygen atoms in total. The zero-order valence-corrected chi connectivity index (χ0v) is 17.4. The van der Waals surface area contributed by atoms with E-state index < -0.39 is 11.7 Å². The Balaban J connectivity index is 1.70. The minimum atomic E-state index is -0.615. The molecule has 0 spiro atoms. The molecule has 3 amide bonds. The highest BCUT2D eigenvalue weighted by atomic mass is 35.5. The fourth-order valence-electron chi connectivity index (χ4n) is 2.88. The predicted molar refractivity (Wildman–Crippen MR) is 107 cm³/mol. The van der Waals surface area contributed by atoms with Crippen molar-refractivity contribution in [1.29, 1.82) is 0 Å². The number of hydrogen-bond acceptors (Lipinski definition) is 4. The molecule has 0 radical (unpaired) electrons. The van der Waals surface area contributed by atoms with Gasteiger partial charge in [0, 0.05) is 37.6 Å². The van der Waals surface area contributed by atoms with Crippen LogP contribution >= 0.6 is 11.6 Å². The SMILES string of the molecule is CC(C)(C)OC(=O)NCC(=O)N1CCN(C(=O)CCc2cccc(Cl)c2)CC1. The van der Waals surface area contributed by atoms with E-state index in [-0.39, 0.29) is 18.4 Å². The van der Waals surface area contributed by atoms with Crippen LogP contribution in [0.15, 0.2) is 24.3 Å². The number of amides is 3. The van der Waals surface area contributed by atoms with Crippen molar-refractivity contribution in [3.63, 3.8) is 0 Å². The van der Waals surface area contributed by atoms with Crippen molar-refractivity contribution < 1.29 is 19.1 Å². The summed E-state index contributed by atoms with van der Waals surface area (Å²) in [5.74, 6) is -0.115. The third-order valence-electron chi connectivity index (χ3n) is 4.28. The van der Waals surface area contributed by atoms with Crippen molar-refractivity contribution in [3.8, 4) is 0 Å². The van der Waals surface area contributed by atoms with Gasteiger partial charge < -0.3 is 19.9 Å². The van der Waals surface area contributed by atoms with Crippen LogP contribution in [0, 0.1) is 0 Å². The maximum absolute atomic E-state index is 12.4. The molecular formula is C20H28ClN3O4. The normalized spacial score (nSPS) is 14.6. The van der Waals surface area contributed by atoms with E-state index in [0.29, 0.717) is 44.0 Å². The minimum absolute atomic E-state index is 0.0685. The highest BCUT2D eigenvalue weighted by molar-refractivity contribution is 6.30. The van der Waals surface area contributed by atoms with Crippen molar-refractivity contribution in [2.24, 2.45) is 0 Å². The van der Waals surface area contributed by atoms with Gasteiger partial charge in [-0.25, -0.2) is 4.79 Å². The summed E-state index contributed by atoms with van der Waals surface area (Å²) in [4.78, 5) is 39.7. The predicted octanol–water partition coefficient (Wildman–Crippen LogP) is 2.47. The van der Waals surface area contributed by atoms with Gasteiger partial charge in [0.15, 0.2) is 0 Å². The quantitative estimate of drug-likeness (QED) is 0.810. The van der Waals surface area contributed by atoms with Crippen molar-refractivity contribution in [2.75, 3.05) is 32.7 Å². The Kier molecular flexibility index (Phi) is 7.69. The maximum Gasteiger partial charge on any atom is 0.408 e. The number of carbonyl (C=O) groups excluding carboxylic acids is 3. The van der Waals surface area contributed by atoms with E-state index in [1.165, 1.54) is 0 Å². The van der Waals surface area contributed by atoms with Gasteiger partial charge in [0.2, 0.25) is 11.8 Å². The van der Waals surface area contributed by atoms with Gasteiger partial charge in [-0.05, 0) is 44.9 Å². The summed E-state index contributed by atoms with van der Waals surface area (Å²) in [6, 6.07) is 7.50. The van der Waals surface area contributed by atoms with Crippen LogP contribution in [0.25, 0.3) is 0 Å². The second-order valence-electron chi connectivity index (χ2n) is 7.75. The molecule has 0 saturated carbocycles. The number of nitrogens with one attached hydrogen (secondary N) is 1. The molecule has 8 heteroatoms. The van der Waals surface area contributed by atoms with Gasteiger partial charge in [-0.15, -0.1) is 0 Å². The zero-order chi connectivity index (χ0) is 20.7. The summed E-state index contributed by atoms with van der Waals surface area (Å²) in [6.07, 6.45) is 0.433. The molecule has 1 N–H and O–H groups in total. The zero-order valence-electron chi connectivity index (χ0n) is 16.7. The second kappa shape index (κ2) is 9.78. The van der Waals surface area contributed by atoms with E-state index in [2.05, 4.69) is 5.32 Å². The third-order valence-corrected chi connectivity index (χ3v) is 4.52. The first-order valence-electron chi connectivity index (χ1n) is 9.41.